The molecule has 108 valence electrons. The largest absolute Gasteiger partial charge is 0.313 e. The van der Waals surface area contributed by atoms with Crippen LogP contribution in [0.3, 0.4) is 0 Å². The first kappa shape index (κ1) is 13.3. The van der Waals surface area contributed by atoms with Gasteiger partial charge in [-0.3, -0.25) is 0 Å². The van der Waals surface area contributed by atoms with Crippen LogP contribution in [-0.4, -0.2) is 12.6 Å². The minimum atomic E-state index is 0.712. The number of hydrogen-bond donors (Lipinski definition) is 1. The second-order valence-electron chi connectivity index (χ2n) is 7.10. The number of benzene rings is 1. The topological polar surface area (TPSA) is 12.0 Å². The summed E-state index contributed by atoms with van der Waals surface area (Å²) in [5.41, 5.74) is 3.12. The lowest BCUT2D eigenvalue weighted by molar-refractivity contribution is 0.341. The summed E-state index contributed by atoms with van der Waals surface area (Å²) in [4.78, 5) is 0. The summed E-state index contributed by atoms with van der Waals surface area (Å²) in [5, 5.41) is 3.91. The molecule has 1 atom stereocenters. The van der Waals surface area contributed by atoms with Crippen LogP contribution in [-0.2, 0) is 12.8 Å². The van der Waals surface area contributed by atoms with Crippen LogP contribution in [0.15, 0.2) is 22.7 Å². The Morgan fingerprint density at radius 1 is 1.05 bits per heavy atom. The summed E-state index contributed by atoms with van der Waals surface area (Å²) in [6.45, 7) is 1.28. The number of rotatable bonds is 5. The smallest absolute Gasteiger partial charge is 0.0178 e. The Morgan fingerprint density at radius 3 is 2.50 bits per heavy atom. The number of hydrogen-bond acceptors (Lipinski definition) is 1. The Bertz CT molecular complexity index is 478. The monoisotopic (exact) mass is 333 g/mol. The third kappa shape index (κ3) is 2.96. The van der Waals surface area contributed by atoms with Crippen molar-refractivity contribution in [3.63, 3.8) is 0 Å². The predicted molar refractivity (Wildman–Crippen MR) is 86.9 cm³/mol. The summed E-state index contributed by atoms with van der Waals surface area (Å²) in [7, 11) is 0. The number of nitrogens with one attached hydrogen (secondary N) is 1. The minimum absolute atomic E-state index is 0.712. The quantitative estimate of drug-likeness (QED) is 0.845. The maximum atomic E-state index is 3.91. The van der Waals surface area contributed by atoms with Crippen LogP contribution in [0.1, 0.15) is 43.2 Å². The maximum absolute atomic E-state index is 3.91. The molecule has 20 heavy (non-hydrogen) atoms. The lowest BCUT2D eigenvalue weighted by Gasteiger charge is -2.28. The highest BCUT2D eigenvalue weighted by atomic mass is 79.9. The van der Waals surface area contributed by atoms with Crippen molar-refractivity contribution in [2.75, 3.05) is 6.54 Å². The van der Waals surface area contributed by atoms with Gasteiger partial charge in [-0.05, 0) is 92.5 Å². The number of aryl methyl sites for hydroxylation is 1. The van der Waals surface area contributed by atoms with E-state index in [1.807, 2.05) is 0 Å². The van der Waals surface area contributed by atoms with Crippen molar-refractivity contribution in [3.05, 3.63) is 33.8 Å². The van der Waals surface area contributed by atoms with Crippen molar-refractivity contribution in [3.8, 4) is 0 Å². The van der Waals surface area contributed by atoms with Crippen LogP contribution in [0, 0.1) is 17.8 Å². The van der Waals surface area contributed by atoms with E-state index >= 15 is 0 Å². The van der Waals surface area contributed by atoms with Crippen molar-refractivity contribution in [1.29, 1.82) is 0 Å². The molecule has 1 aromatic rings. The first-order valence-corrected chi connectivity index (χ1v) is 9.09. The molecule has 2 heteroatoms. The highest BCUT2D eigenvalue weighted by Gasteiger charge is 2.41. The molecule has 0 amide bonds. The van der Waals surface area contributed by atoms with Crippen molar-refractivity contribution in [1.82, 2.24) is 5.32 Å². The van der Waals surface area contributed by atoms with Crippen molar-refractivity contribution < 1.29 is 0 Å². The third-order valence-corrected chi connectivity index (χ3v) is 5.99. The molecule has 2 saturated carbocycles. The molecular formula is C18H24BrN. The lowest BCUT2D eigenvalue weighted by Crippen LogP contribution is -2.38. The van der Waals surface area contributed by atoms with Gasteiger partial charge < -0.3 is 5.32 Å². The highest BCUT2D eigenvalue weighted by molar-refractivity contribution is 9.10. The molecule has 3 aliphatic rings. The second-order valence-corrected chi connectivity index (χ2v) is 8.02. The van der Waals surface area contributed by atoms with E-state index in [0.717, 1.165) is 17.8 Å². The zero-order valence-electron chi connectivity index (χ0n) is 12.1. The molecule has 0 bridgehead atoms. The van der Waals surface area contributed by atoms with Crippen LogP contribution < -0.4 is 5.32 Å². The highest BCUT2D eigenvalue weighted by Crippen LogP contribution is 2.48. The van der Waals surface area contributed by atoms with E-state index in [-0.39, 0.29) is 0 Å². The summed E-state index contributed by atoms with van der Waals surface area (Å²) in [6, 6.07) is 7.52. The summed E-state index contributed by atoms with van der Waals surface area (Å²) in [5.74, 6) is 3.14. The van der Waals surface area contributed by atoms with Gasteiger partial charge in [0, 0.05) is 10.5 Å². The molecule has 1 nitrogen and oxygen atoms in total. The fraction of sp³-hybridized carbons (Fsp3) is 0.667. The Kier molecular flexibility index (Phi) is 3.64. The fourth-order valence-electron chi connectivity index (χ4n) is 3.97. The van der Waals surface area contributed by atoms with Gasteiger partial charge in [-0.15, -0.1) is 0 Å². The SMILES string of the molecule is Brc1ccc2c(c1)CCC(NCC(C1CC1)C1CC1)C2. The average molecular weight is 334 g/mol. The summed E-state index contributed by atoms with van der Waals surface area (Å²) < 4.78 is 1.23. The summed E-state index contributed by atoms with van der Waals surface area (Å²) in [6.07, 6.45) is 9.80. The molecule has 0 aromatic heterocycles. The van der Waals surface area contributed by atoms with Crippen LogP contribution >= 0.6 is 15.9 Å². The minimum Gasteiger partial charge on any atom is -0.313 e. The van der Waals surface area contributed by atoms with Crippen LogP contribution in [0.5, 0.6) is 0 Å². The molecule has 1 unspecified atom stereocenters. The zero-order chi connectivity index (χ0) is 13.5. The van der Waals surface area contributed by atoms with Gasteiger partial charge in [0.05, 0.1) is 0 Å². The van der Waals surface area contributed by atoms with E-state index in [2.05, 4.69) is 39.4 Å². The molecule has 3 aliphatic carbocycles. The fourth-order valence-corrected chi connectivity index (χ4v) is 4.38. The molecule has 0 saturated heterocycles. The molecule has 1 aromatic carbocycles. The standard InChI is InChI=1S/C18H24BrN/c19-16-7-5-15-10-17(8-6-14(15)9-16)20-11-18(12-1-2-12)13-3-4-13/h5,7,9,12-13,17-18,20H,1-4,6,8,10-11H2. The van der Waals surface area contributed by atoms with Crippen LogP contribution in [0.4, 0.5) is 0 Å². The molecule has 0 heterocycles. The Balaban J connectivity index is 1.35. The van der Waals surface area contributed by atoms with Crippen LogP contribution in [0.25, 0.3) is 0 Å². The average Bonchev–Trinajstić information content (AvgIpc) is 3.33. The summed E-state index contributed by atoms with van der Waals surface area (Å²) >= 11 is 3.59. The van der Waals surface area contributed by atoms with Gasteiger partial charge in [0.25, 0.3) is 0 Å². The van der Waals surface area contributed by atoms with Crippen LogP contribution in [0.2, 0.25) is 0 Å². The van der Waals surface area contributed by atoms with E-state index < -0.39 is 0 Å². The van der Waals surface area contributed by atoms with Crippen molar-refractivity contribution in [2.24, 2.45) is 17.8 Å². The first-order chi connectivity index (χ1) is 9.79. The molecule has 4 rings (SSSR count). The van der Waals surface area contributed by atoms with E-state index in [9.17, 15) is 0 Å². The van der Waals surface area contributed by atoms with Gasteiger partial charge in [0.15, 0.2) is 0 Å². The van der Waals surface area contributed by atoms with Gasteiger partial charge in [-0.1, -0.05) is 22.0 Å². The zero-order valence-corrected chi connectivity index (χ0v) is 13.7. The normalized spacial score (nSPS) is 25.8. The van der Waals surface area contributed by atoms with Crippen molar-refractivity contribution >= 4 is 15.9 Å². The molecular weight excluding hydrogens is 310 g/mol. The van der Waals surface area contributed by atoms with Gasteiger partial charge in [-0.2, -0.15) is 0 Å². The van der Waals surface area contributed by atoms with Crippen molar-refractivity contribution in [2.45, 2.75) is 51.0 Å². The lowest BCUT2D eigenvalue weighted by atomic mass is 9.87. The first-order valence-electron chi connectivity index (χ1n) is 8.30. The Labute approximate surface area is 130 Å². The molecule has 0 radical (unpaired) electrons. The predicted octanol–water partition coefficient (Wildman–Crippen LogP) is 4.33. The Morgan fingerprint density at radius 2 is 1.80 bits per heavy atom. The molecule has 0 spiro atoms. The molecule has 0 aliphatic heterocycles. The second kappa shape index (κ2) is 5.46. The van der Waals surface area contributed by atoms with E-state index in [0.29, 0.717) is 6.04 Å². The van der Waals surface area contributed by atoms with E-state index in [1.54, 1.807) is 11.1 Å². The van der Waals surface area contributed by atoms with Gasteiger partial charge in [0.1, 0.15) is 0 Å². The maximum Gasteiger partial charge on any atom is 0.0178 e. The van der Waals surface area contributed by atoms with Gasteiger partial charge in [0.2, 0.25) is 0 Å². The molecule has 2 fully saturated rings. The number of halogens is 1. The van der Waals surface area contributed by atoms with Gasteiger partial charge >= 0.3 is 0 Å². The van der Waals surface area contributed by atoms with E-state index in [4.69, 9.17) is 0 Å². The molecule has 1 N–H and O–H groups in total. The van der Waals surface area contributed by atoms with E-state index in [1.165, 1.54) is 56.0 Å². The Hall–Kier alpha value is -0.340. The number of fused-ring (bicyclic) bond motifs is 1. The third-order valence-electron chi connectivity index (χ3n) is 5.49. The van der Waals surface area contributed by atoms with Gasteiger partial charge in [-0.25, -0.2) is 0 Å².